The van der Waals surface area contributed by atoms with E-state index in [-0.39, 0.29) is 10.6 Å². The molecule has 2 heterocycles. The average molecular weight is 390 g/mol. The molecule has 1 fully saturated rings. The molecule has 0 bridgehead atoms. The fourth-order valence-corrected chi connectivity index (χ4v) is 4.05. The first-order chi connectivity index (χ1) is 12.8. The van der Waals surface area contributed by atoms with Crippen molar-refractivity contribution in [1.29, 1.82) is 0 Å². The van der Waals surface area contributed by atoms with Crippen molar-refractivity contribution in [3.63, 3.8) is 0 Å². The monoisotopic (exact) mass is 389 g/mol. The van der Waals surface area contributed by atoms with Crippen molar-refractivity contribution in [2.75, 3.05) is 24.6 Å². The number of ether oxygens (including phenoxy) is 1. The first kappa shape index (κ1) is 19.9. The molecule has 1 saturated heterocycles. The number of piperidine rings is 1. The fraction of sp³-hybridized carbons (Fsp3) is 0.524. The molecule has 1 aliphatic rings. The maximum atomic E-state index is 13.7. The molecule has 1 aliphatic heterocycles. The van der Waals surface area contributed by atoms with Gasteiger partial charge in [-0.3, -0.25) is 0 Å². The molecule has 0 unspecified atom stereocenters. The Balaban J connectivity index is 1.60. The number of benzene rings is 1. The Morgan fingerprint density at radius 3 is 2.59 bits per heavy atom. The molecule has 2 aromatic rings. The Morgan fingerprint density at radius 2 is 1.93 bits per heavy atom. The SMILES string of the molecule is Cc1cnc(SC(C)(C)C)c(N2CCC(COc3ccccc3F)CC2)n1. The quantitative estimate of drug-likeness (QED) is 0.665. The number of hydrogen-bond acceptors (Lipinski definition) is 5. The third-order valence-corrected chi connectivity index (χ3v) is 5.56. The van der Waals surface area contributed by atoms with Crippen molar-refractivity contribution in [3.05, 3.63) is 42.0 Å². The van der Waals surface area contributed by atoms with E-state index in [1.807, 2.05) is 13.1 Å². The summed E-state index contributed by atoms with van der Waals surface area (Å²) in [6.07, 6.45) is 3.85. The molecular weight excluding hydrogens is 361 g/mol. The molecule has 27 heavy (non-hydrogen) atoms. The van der Waals surface area contributed by atoms with E-state index in [9.17, 15) is 4.39 Å². The number of halogens is 1. The summed E-state index contributed by atoms with van der Waals surface area (Å²) in [6.45, 7) is 10.9. The van der Waals surface area contributed by atoms with Crippen LogP contribution in [0.3, 0.4) is 0 Å². The van der Waals surface area contributed by atoms with Crippen LogP contribution in [0.2, 0.25) is 0 Å². The molecule has 4 nitrogen and oxygen atoms in total. The molecule has 6 heteroatoms. The first-order valence-electron chi connectivity index (χ1n) is 9.47. The second kappa shape index (κ2) is 8.46. The summed E-state index contributed by atoms with van der Waals surface area (Å²) in [7, 11) is 0. The van der Waals surface area contributed by atoms with Crippen LogP contribution in [-0.4, -0.2) is 34.4 Å². The largest absolute Gasteiger partial charge is 0.490 e. The molecule has 1 aromatic heterocycles. The van der Waals surface area contributed by atoms with E-state index in [0.29, 0.717) is 18.3 Å². The number of para-hydroxylation sites is 1. The zero-order valence-electron chi connectivity index (χ0n) is 16.5. The molecule has 0 amide bonds. The van der Waals surface area contributed by atoms with E-state index in [0.717, 1.165) is 42.5 Å². The highest BCUT2D eigenvalue weighted by molar-refractivity contribution is 8.00. The number of rotatable bonds is 5. The Bertz CT molecular complexity index is 770. The Kier molecular flexibility index (Phi) is 6.25. The first-order valence-corrected chi connectivity index (χ1v) is 10.3. The van der Waals surface area contributed by atoms with E-state index < -0.39 is 0 Å². The van der Waals surface area contributed by atoms with Gasteiger partial charge in [0.05, 0.1) is 12.3 Å². The minimum Gasteiger partial charge on any atom is -0.490 e. The van der Waals surface area contributed by atoms with E-state index >= 15 is 0 Å². The van der Waals surface area contributed by atoms with E-state index in [4.69, 9.17) is 9.72 Å². The standard InChI is InChI=1S/C21H28FN3OS/c1-15-13-23-20(27-21(2,3)4)19(24-15)25-11-9-16(10-12-25)14-26-18-8-6-5-7-17(18)22/h5-8,13,16H,9-12,14H2,1-4H3. The van der Waals surface area contributed by atoms with Gasteiger partial charge in [-0.1, -0.05) is 44.7 Å². The number of nitrogens with zero attached hydrogens (tertiary/aromatic N) is 3. The lowest BCUT2D eigenvalue weighted by Gasteiger charge is -2.34. The van der Waals surface area contributed by atoms with Gasteiger partial charge in [0, 0.05) is 24.0 Å². The lowest BCUT2D eigenvalue weighted by Crippen LogP contribution is -2.36. The molecule has 0 N–H and O–H groups in total. The van der Waals surface area contributed by atoms with Gasteiger partial charge in [0.15, 0.2) is 17.4 Å². The average Bonchev–Trinajstić information content (AvgIpc) is 2.62. The van der Waals surface area contributed by atoms with Crippen molar-refractivity contribution in [2.45, 2.75) is 50.3 Å². The van der Waals surface area contributed by atoms with E-state index in [2.05, 4.69) is 30.7 Å². The van der Waals surface area contributed by atoms with Crippen LogP contribution in [0.4, 0.5) is 10.2 Å². The van der Waals surface area contributed by atoms with Crippen LogP contribution in [-0.2, 0) is 0 Å². The topological polar surface area (TPSA) is 38.2 Å². The molecule has 0 atom stereocenters. The van der Waals surface area contributed by atoms with Crippen LogP contribution in [0.1, 0.15) is 39.3 Å². The summed E-state index contributed by atoms with van der Waals surface area (Å²) in [6, 6.07) is 6.59. The van der Waals surface area contributed by atoms with Crippen LogP contribution >= 0.6 is 11.8 Å². The van der Waals surface area contributed by atoms with Crippen LogP contribution < -0.4 is 9.64 Å². The van der Waals surface area contributed by atoms with Gasteiger partial charge in [0.2, 0.25) is 0 Å². The highest BCUT2D eigenvalue weighted by atomic mass is 32.2. The minimum atomic E-state index is -0.297. The second-order valence-corrected chi connectivity index (χ2v) is 9.84. The third-order valence-electron chi connectivity index (χ3n) is 4.47. The van der Waals surface area contributed by atoms with Gasteiger partial charge in [0.25, 0.3) is 0 Å². The molecule has 3 rings (SSSR count). The van der Waals surface area contributed by atoms with Crippen molar-refractivity contribution >= 4 is 17.6 Å². The van der Waals surface area contributed by atoms with Gasteiger partial charge >= 0.3 is 0 Å². The summed E-state index contributed by atoms with van der Waals surface area (Å²) in [5, 5.41) is 0.995. The number of aryl methyl sites for hydroxylation is 1. The molecule has 0 aliphatic carbocycles. The summed E-state index contributed by atoms with van der Waals surface area (Å²) in [5.41, 5.74) is 0.938. The van der Waals surface area contributed by atoms with Crippen LogP contribution in [0.5, 0.6) is 5.75 Å². The summed E-state index contributed by atoms with van der Waals surface area (Å²) < 4.78 is 19.5. The zero-order chi connectivity index (χ0) is 19.4. The minimum absolute atomic E-state index is 0.0879. The maximum Gasteiger partial charge on any atom is 0.165 e. The third kappa shape index (κ3) is 5.58. The van der Waals surface area contributed by atoms with Crippen LogP contribution in [0, 0.1) is 18.7 Å². The number of hydrogen-bond donors (Lipinski definition) is 0. The summed E-state index contributed by atoms with van der Waals surface area (Å²) >= 11 is 1.76. The smallest absolute Gasteiger partial charge is 0.165 e. The number of aromatic nitrogens is 2. The van der Waals surface area contributed by atoms with Crippen LogP contribution in [0.25, 0.3) is 0 Å². The van der Waals surface area contributed by atoms with Crippen molar-refractivity contribution in [2.24, 2.45) is 5.92 Å². The van der Waals surface area contributed by atoms with E-state index in [1.165, 1.54) is 6.07 Å². The molecule has 0 saturated carbocycles. The lowest BCUT2D eigenvalue weighted by molar-refractivity contribution is 0.215. The fourth-order valence-electron chi connectivity index (χ4n) is 3.10. The Hall–Kier alpha value is -1.82. The van der Waals surface area contributed by atoms with Gasteiger partial charge in [-0.25, -0.2) is 14.4 Å². The van der Waals surface area contributed by atoms with Crippen molar-refractivity contribution < 1.29 is 9.13 Å². The van der Waals surface area contributed by atoms with Gasteiger partial charge in [-0.15, -0.1) is 0 Å². The predicted octanol–water partition coefficient (Wildman–Crippen LogP) is 5.11. The zero-order valence-corrected chi connectivity index (χ0v) is 17.4. The van der Waals surface area contributed by atoms with Crippen LogP contribution in [0.15, 0.2) is 35.5 Å². The van der Waals surface area contributed by atoms with Gasteiger partial charge < -0.3 is 9.64 Å². The predicted molar refractivity (Wildman–Crippen MR) is 109 cm³/mol. The maximum absolute atomic E-state index is 13.7. The molecule has 1 aromatic carbocycles. The molecule has 0 spiro atoms. The highest BCUT2D eigenvalue weighted by Crippen LogP contribution is 2.37. The Labute approximate surface area is 165 Å². The van der Waals surface area contributed by atoms with Crippen molar-refractivity contribution in [3.8, 4) is 5.75 Å². The number of anilines is 1. The molecular formula is C21H28FN3OS. The van der Waals surface area contributed by atoms with Gasteiger partial charge in [-0.2, -0.15) is 0 Å². The lowest BCUT2D eigenvalue weighted by atomic mass is 9.98. The van der Waals surface area contributed by atoms with E-state index in [1.54, 1.807) is 30.0 Å². The highest BCUT2D eigenvalue weighted by Gasteiger charge is 2.25. The molecule has 0 radical (unpaired) electrons. The van der Waals surface area contributed by atoms with Gasteiger partial charge in [-0.05, 0) is 37.8 Å². The van der Waals surface area contributed by atoms with Crippen molar-refractivity contribution in [1.82, 2.24) is 9.97 Å². The summed E-state index contributed by atoms with van der Waals surface area (Å²) in [4.78, 5) is 11.7. The summed E-state index contributed by atoms with van der Waals surface area (Å²) in [5.74, 6) is 1.46. The molecule has 146 valence electrons. The second-order valence-electron chi connectivity index (χ2n) is 8.03. The Morgan fingerprint density at radius 1 is 1.22 bits per heavy atom. The number of thioether (sulfide) groups is 1. The van der Waals surface area contributed by atoms with Gasteiger partial charge in [0.1, 0.15) is 5.03 Å². The normalized spacial score (nSPS) is 15.8.